The number of ether oxygens (including phenoxy) is 1. The summed E-state index contributed by atoms with van der Waals surface area (Å²) in [6, 6.07) is 24.8. The lowest BCUT2D eigenvalue weighted by Crippen LogP contribution is -2.25. The fraction of sp³-hybridized carbons (Fsp3) is 0.167. The van der Waals surface area contributed by atoms with Gasteiger partial charge in [-0.3, -0.25) is 4.79 Å². The molecule has 2 N–H and O–H groups in total. The van der Waals surface area contributed by atoms with Crippen LogP contribution in [0.2, 0.25) is 0 Å². The van der Waals surface area contributed by atoms with Crippen LogP contribution >= 0.6 is 0 Å². The predicted molar refractivity (Wildman–Crippen MR) is 148 cm³/mol. The number of amides is 1. The second-order valence-electron chi connectivity index (χ2n) is 9.07. The number of esters is 1. The third kappa shape index (κ3) is 7.16. The average Bonchev–Trinajstić information content (AvgIpc) is 2.93. The van der Waals surface area contributed by atoms with Gasteiger partial charge < -0.3 is 20.3 Å². The Morgan fingerprint density at radius 3 is 2.25 bits per heavy atom. The van der Waals surface area contributed by atoms with Crippen LogP contribution in [-0.4, -0.2) is 29.5 Å². The largest absolute Gasteiger partial charge is 0.452 e. The van der Waals surface area contributed by atoms with Crippen LogP contribution in [-0.2, 0) is 15.7 Å². The van der Waals surface area contributed by atoms with Gasteiger partial charge in [-0.05, 0) is 80.6 Å². The molecule has 0 saturated carbocycles. The normalized spacial score (nSPS) is 11.2. The molecule has 4 rings (SSSR count). The van der Waals surface area contributed by atoms with E-state index < -0.39 is 30.2 Å². The molecule has 0 spiro atoms. The summed E-state index contributed by atoms with van der Waals surface area (Å²) in [5, 5.41) is 5.40. The molecule has 1 amide bonds. The first-order chi connectivity index (χ1) is 19.1. The van der Waals surface area contributed by atoms with Crippen LogP contribution in [0.4, 0.5) is 41.7 Å². The van der Waals surface area contributed by atoms with Gasteiger partial charge in [0, 0.05) is 35.0 Å². The summed E-state index contributed by atoms with van der Waals surface area (Å²) in [6.07, 6.45) is -3.14. The highest BCUT2D eigenvalue weighted by Crippen LogP contribution is 2.32. The number of nitrogens with one attached hydrogen (secondary N) is 2. The topological polar surface area (TPSA) is 83.6 Å². The van der Waals surface area contributed by atoms with Crippen LogP contribution in [0.5, 0.6) is 0 Å². The predicted octanol–water partition coefficient (Wildman–Crippen LogP) is 7.19. The van der Waals surface area contributed by atoms with Crippen molar-refractivity contribution in [3.05, 3.63) is 108 Å². The van der Waals surface area contributed by atoms with Crippen LogP contribution in [0.25, 0.3) is 0 Å². The van der Waals surface area contributed by atoms with Gasteiger partial charge in [-0.15, -0.1) is 0 Å². The molecule has 3 aromatic carbocycles. The van der Waals surface area contributed by atoms with Gasteiger partial charge in [0.05, 0.1) is 5.56 Å². The molecule has 7 nitrogen and oxygen atoms in total. The minimum Gasteiger partial charge on any atom is -0.452 e. The van der Waals surface area contributed by atoms with Gasteiger partial charge in [-0.25, -0.2) is 9.78 Å². The molecule has 0 aliphatic carbocycles. The lowest BCUT2D eigenvalue weighted by Gasteiger charge is -2.29. The van der Waals surface area contributed by atoms with Gasteiger partial charge in [0.2, 0.25) is 0 Å². The van der Waals surface area contributed by atoms with Crippen molar-refractivity contribution in [2.24, 2.45) is 0 Å². The van der Waals surface area contributed by atoms with E-state index in [4.69, 9.17) is 4.74 Å². The number of nitrogens with zero attached hydrogens (tertiary/aromatic N) is 2. The van der Waals surface area contributed by atoms with Crippen molar-refractivity contribution >= 4 is 40.4 Å². The summed E-state index contributed by atoms with van der Waals surface area (Å²) in [6.45, 7) is 3.60. The molecule has 40 heavy (non-hydrogen) atoms. The summed E-state index contributed by atoms with van der Waals surface area (Å²) in [7, 11) is 0. The number of hydrogen-bond donors (Lipinski definition) is 2. The quantitative estimate of drug-likeness (QED) is 0.216. The maximum atomic E-state index is 13.0. The Kier molecular flexibility index (Phi) is 8.68. The third-order valence-corrected chi connectivity index (χ3v) is 5.79. The van der Waals surface area contributed by atoms with Gasteiger partial charge in [-0.1, -0.05) is 24.3 Å². The van der Waals surface area contributed by atoms with E-state index >= 15 is 0 Å². The fourth-order valence-electron chi connectivity index (χ4n) is 4.02. The van der Waals surface area contributed by atoms with Crippen LogP contribution in [0.1, 0.15) is 29.8 Å². The maximum absolute atomic E-state index is 13.0. The minimum absolute atomic E-state index is 0.00376. The number of anilines is 5. The number of carbonyl (C=O) groups is 2. The fourth-order valence-corrected chi connectivity index (χ4v) is 4.02. The molecule has 1 aromatic heterocycles. The molecule has 0 radical (unpaired) electrons. The van der Waals surface area contributed by atoms with Crippen molar-refractivity contribution in [3.63, 3.8) is 0 Å². The number of alkyl halides is 3. The average molecular weight is 549 g/mol. The SMILES string of the molecule is CC(C)N(c1ccccc1)c1ccc(NC(=O)COC(=O)c2cccnc2Nc2cccc(C(F)(F)F)c2)cc1. The number of rotatable bonds is 9. The van der Waals surface area contributed by atoms with E-state index in [1.54, 1.807) is 12.1 Å². The maximum Gasteiger partial charge on any atom is 0.416 e. The first kappa shape index (κ1) is 28.2. The van der Waals surface area contributed by atoms with Crippen LogP contribution in [0.15, 0.2) is 97.2 Å². The molecular formula is C30H27F3N4O3. The Labute approximate surface area is 229 Å². The second-order valence-corrected chi connectivity index (χ2v) is 9.07. The van der Waals surface area contributed by atoms with Crippen molar-refractivity contribution < 1.29 is 27.5 Å². The Morgan fingerprint density at radius 2 is 1.57 bits per heavy atom. The zero-order valence-electron chi connectivity index (χ0n) is 21.8. The molecule has 0 bridgehead atoms. The lowest BCUT2D eigenvalue weighted by atomic mass is 10.2. The van der Waals surface area contributed by atoms with Crippen LogP contribution in [0, 0.1) is 0 Å². The first-order valence-corrected chi connectivity index (χ1v) is 12.4. The molecule has 0 saturated heterocycles. The highest BCUT2D eigenvalue weighted by atomic mass is 19.4. The molecule has 10 heteroatoms. The highest BCUT2D eigenvalue weighted by molar-refractivity contribution is 5.98. The summed E-state index contributed by atoms with van der Waals surface area (Å²) in [5.41, 5.74) is 1.72. The number of halogens is 3. The second kappa shape index (κ2) is 12.3. The van der Waals surface area contributed by atoms with E-state index in [1.807, 2.05) is 42.5 Å². The number of carbonyl (C=O) groups excluding carboxylic acids is 2. The van der Waals surface area contributed by atoms with Gasteiger partial charge >= 0.3 is 12.1 Å². The zero-order chi connectivity index (χ0) is 28.7. The summed E-state index contributed by atoms with van der Waals surface area (Å²) in [4.78, 5) is 31.4. The van der Waals surface area contributed by atoms with Gasteiger partial charge in [0.1, 0.15) is 11.4 Å². The lowest BCUT2D eigenvalue weighted by molar-refractivity contribution is -0.137. The molecule has 0 unspecified atom stereocenters. The molecular weight excluding hydrogens is 521 g/mol. The molecule has 206 valence electrons. The van der Waals surface area contributed by atoms with Crippen LogP contribution in [0.3, 0.4) is 0 Å². The van der Waals surface area contributed by atoms with Crippen molar-refractivity contribution in [2.75, 3.05) is 22.1 Å². The van der Waals surface area contributed by atoms with Crippen molar-refractivity contribution in [1.29, 1.82) is 0 Å². The smallest absolute Gasteiger partial charge is 0.416 e. The monoisotopic (exact) mass is 548 g/mol. The Bertz CT molecular complexity index is 1460. The third-order valence-electron chi connectivity index (χ3n) is 5.79. The van der Waals surface area contributed by atoms with Gasteiger partial charge in [-0.2, -0.15) is 13.2 Å². The minimum atomic E-state index is -4.52. The molecule has 0 atom stereocenters. The standard InChI is InChI=1S/C30H27F3N4O3/c1-20(2)37(24-10-4-3-5-11-24)25-15-13-22(14-16-25)35-27(38)19-40-29(39)26-12-7-17-34-28(26)36-23-9-6-8-21(18-23)30(31,32)33/h3-18,20H,19H2,1-2H3,(H,34,36)(H,35,38). The van der Waals surface area contributed by atoms with Gasteiger partial charge in [0.25, 0.3) is 5.91 Å². The number of aromatic nitrogens is 1. The van der Waals surface area contributed by atoms with Crippen molar-refractivity contribution in [3.8, 4) is 0 Å². The van der Waals surface area contributed by atoms with Crippen molar-refractivity contribution in [1.82, 2.24) is 4.98 Å². The summed E-state index contributed by atoms with van der Waals surface area (Å²) in [5.74, 6) is -1.42. The Balaban J connectivity index is 1.37. The number of pyridine rings is 1. The van der Waals surface area contributed by atoms with Gasteiger partial charge in [0.15, 0.2) is 6.61 Å². The summed E-state index contributed by atoms with van der Waals surface area (Å²) < 4.78 is 44.3. The Hall–Kier alpha value is -4.86. The highest BCUT2D eigenvalue weighted by Gasteiger charge is 2.30. The zero-order valence-corrected chi connectivity index (χ0v) is 21.8. The number of para-hydroxylation sites is 1. The summed E-state index contributed by atoms with van der Waals surface area (Å²) >= 11 is 0. The molecule has 4 aromatic rings. The van der Waals surface area contributed by atoms with E-state index in [9.17, 15) is 22.8 Å². The van der Waals surface area contributed by atoms with Crippen LogP contribution < -0.4 is 15.5 Å². The van der Waals surface area contributed by atoms with E-state index in [2.05, 4.69) is 34.4 Å². The van der Waals surface area contributed by atoms with E-state index in [0.29, 0.717) is 5.69 Å². The number of benzene rings is 3. The first-order valence-electron chi connectivity index (χ1n) is 12.4. The van der Waals surface area contributed by atoms with E-state index in [1.165, 1.54) is 30.5 Å². The number of hydrogen-bond acceptors (Lipinski definition) is 6. The molecule has 0 aliphatic heterocycles. The van der Waals surface area contributed by atoms with E-state index in [0.717, 1.165) is 23.5 Å². The van der Waals surface area contributed by atoms with Crippen molar-refractivity contribution in [2.45, 2.75) is 26.1 Å². The molecule has 0 aliphatic rings. The van der Waals surface area contributed by atoms with E-state index in [-0.39, 0.29) is 23.1 Å². The molecule has 1 heterocycles. The molecule has 0 fully saturated rings. The Morgan fingerprint density at radius 1 is 0.875 bits per heavy atom.